The predicted molar refractivity (Wildman–Crippen MR) is 82.9 cm³/mol. The molecule has 0 radical (unpaired) electrons. The normalized spacial score (nSPS) is 17.4. The van der Waals surface area contributed by atoms with E-state index in [0.29, 0.717) is 12.3 Å². The first-order chi connectivity index (χ1) is 10.2. The molecule has 3 rings (SSSR count). The van der Waals surface area contributed by atoms with Gasteiger partial charge in [0.1, 0.15) is 5.75 Å². The van der Waals surface area contributed by atoms with Gasteiger partial charge in [0.05, 0.1) is 6.10 Å². The van der Waals surface area contributed by atoms with Crippen LogP contribution in [0.25, 0.3) is 0 Å². The Morgan fingerprint density at radius 1 is 1.00 bits per heavy atom. The average molecular weight is 283 g/mol. The maximum absolute atomic E-state index is 10.6. The predicted octanol–water partition coefficient (Wildman–Crippen LogP) is 3.00. The number of aliphatic hydroxyl groups excluding tert-OH is 1. The Morgan fingerprint density at radius 3 is 2.33 bits per heavy atom. The second-order valence-corrected chi connectivity index (χ2v) is 5.91. The van der Waals surface area contributed by atoms with Gasteiger partial charge in [0.15, 0.2) is 0 Å². The lowest BCUT2D eigenvalue weighted by molar-refractivity contribution is 0.0917. The molecule has 0 amide bonds. The molecule has 3 N–H and O–H groups in total. The Labute approximate surface area is 125 Å². The van der Waals surface area contributed by atoms with Crippen molar-refractivity contribution >= 4 is 0 Å². The molecule has 0 spiro atoms. The fourth-order valence-corrected chi connectivity index (χ4v) is 2.80. The Kier molecular flexibility index (Phi) is 3.95. The number of aromatic hydroxyl groups is 1. The summed E-state index contributed by atoms with van der Waals surface area (Å²) in [7, 11) is 0. The highest BCUT2D eigenvalue weighted by Gasteiger charge is 2.48. The lowest BCUT2D eigenvalue weighted by Gasteiger charge is -2.23. The summed E-state index contributed by atoms with van der Waals surface area (Å²) in [5.41, 5.74) is 1.83. The second kappa shape index (κ2) is 5.88. The third-order valence-electron chi connectivity index (χ3n) is 4.37. The van der Waals surface area contributed by atoms with E-state index in [9.17, 15) is 10.2 Å². The van der Waals surface area contributed by atoms with E-state index in [1.165, 1.54) is 0 Å². The van der Waals surface area contributed by atoms with Gasteiger partial charge in [-0.3, -0.25) is 0 Å². The summed E-state index contributed by atoms with van der Waals surface area (Å²) >= 11 is 0. The van der Waals surface area contributed by atoms with Gasteiger partial charge in [-0.1, -0.05) is 48.5 Å². The second-order valence-electron chi connectivity index (χ2n) is 5.91. The van der Waals surface area contributed by atoms with Gasteiger partial charge in [0.25, 0.3) is 0 Å². The van der Waals surface area contributed by atoms with Crippen molar-refractivity contribution in [3.05, 3.63) is 65.7 Å². The zero-order valence-electron chi connectivity index (χ0n) is 12.0. The van der Waals surface area contributed by atoms with E-state index in [1.54, 1.807) is 6.07 Å². The van der Waals surface area contributed by atoms with Gasteiger partial charge in [-0.05, 0) is 24.5 Å². The van der Waals surface area contributed by atoms with Crippen LogP contribution in [0, 0.1) is 5.41 Å². The molecule has 0 bridgehead atoms. The summed E-state index contributed by atoms with van der Waals surface area (Å²) in [6.45, 7) is 1.38. The molecule has 2 aromatic rings. The molecule has 1 aliphatic carbocycles. The Hall–Kier alpha value is -1.84. The van der Waals surface area contributed by atoms with Crippen LogP contribution in [0.2, 0.25) is 0 Å². The lowest BCUT2D eigenvalue weighted by atomic mass is 9.92. The van der Waals surface area contributed by atoms with Crippen LogP contribution in [0.15, 0.2) is 54.6 Å². The third-order valence-corrected chi connectivity index (χ3v) is 4.37. The van der Waals surface area contributed by atoms with Crippen molar-refractivity contribution < 1.29 is 10.2 Å². The average Bonchev–Trinajstić information content (AvgIpc) is 3.30. The van der Waals surface area contributed by atoms with Crippen molar-refractivity contribution in [2.75, 3.05) is 6.54 Å². The first kappa shape index (κ1) is 14.1. The first-order valence-electron chi connectivity index (χ1n) is 7.42. The highest BCUT2D eigenvalue weighted by molar-refractivity contribution is 5.31. The lowest BCUT2D eigenvalue weighted by Crippen LogP contribution is -2.28. The van der Waals surface area contributed by atoms with Crippen molar-refractivity contribution in [3.63, 3.8) is 0 Å². The molecule has 1 saturated carbocycles. The minimum atomic E-state index is -0.421. The molecule has 3 heteroatoms. The van der Waals surface area contributed by atoms with Gasteiger partial charge < -0.3 is 15.5 Å². The summed E-state index contributed by atoms with van der Waals surface area (Å²) in [5, 5.41) is 23.7. The number of benzene rings is 2. The molecule has 21 heavy (non-hydrogen) atoms. The van der Waals surface area contributed by atoms with Crippen LogP contribution >= 0.6 is 0 Å². The van der Waals surface area contributed by atoms with E-state index in [-0.39, 0.29) is 5.41 Å². The zero-order valence-corrected chi connectivity index (χ0v) is 12.0. The molecule has 1 fully saturated rings. The number of para-hydroxylation sites is 1. The van der Waals surface area contributed by atoms with Gasteiger partial charge >= 0.3 is 0 Å². The molecule has 2 aromatic carbocycles. The summed E-state index contributed by atoms with van der Waals surface area (Å²) in [6, 6.07) is 17.2. The van der Waals surface area contributed by atoms with Crippen LogP contribution in [-0.2, 0) is 6.54 Å². The maximum Gasteiger partial charge on any atom is 0.120 e. The number of phenols is 1. The Balaban J connectivity index is 1.59. The zero-order chi connectivity index (χ0) is 14.7. The van der Waals surface area contributed by atoms with Gasteiger partial charge in [-0.2, -0.15) is 0 Å². The standard InChI is InChI=1S/C18H21NO2/c20-16-9-5-4-8-15(16)12-19-13-18(10-11-18)17(21)14-6-2-1-3-7-14/h1-9,17,19-21H,10-13H2. The minimum absolute atomic E-state index is 0.0498. The molecule has 0 aromatic heterocycles. The molecule has 1 atom stereocenters. The molecular weight excluding hydrogens is 262 g/mol. The molecule has 1 unspecified atom stereocenters. The smallest absolute Gasteiger partial charge is 0.120 e. The largest absolute Gasteiger partial charge is 0.508 e. The summed E-state index contributed by atoms with van der Waals surface area (Å²) < 4.78 is 0. The SMILES string of the molecule is Oc1ccccc1CNCC1(C(O)c2ccccc2)CC1. The van der Waals surface area contributed by atoms with Crippen molar-refractivity contribution in [2.24, 2.45) is 5.41 Å². The van der Waals surface area contributed by atoms with Crippen LogP contribution in [0.5, 0.6) is 5.75 Å². The highest BCUT2D eigenvalue weighted by Crippen LogP contribution is 2.54. The van der Waals surface area contributed by atoms with Gasteiger partial charge in [0.2, 0.25) is 0 Å². The van der Waals surface area contributed by atoms with Crippen molar-refractivity contribution in [3.8, 4) is 5.75 Å². The first-order valence-corrected chi connectivity index (χ1v) is 7.42. The fraction of sp³-hybridized carbons (Fsp3) is 0.333. The molecule has 110 valence electrons. The fourth-order valence-electron chi connectivity index (χ4n) is 2.80. The quantitative estimate of drug-likeness (QED) is 0.764. The van der Waals surface area contributed by atoms with E-state index < -0.39 is 6.10 Å². The monoisotopic (exact) mass is 283 g/mol. The van der Waals surface area contributed by atoms with Crippen LogP contribution in [-0.4, -0.2) is 16.8 Å². The molecule has 0 heterocycles. The number of hydrogen-bond donors (Lipinski definition) is 3. The number of aliphatic hydroxyl groups is 1. The van der Waals surface area contributed by atoms with Gasteiger partial charge in [-0.15, -0.1) is 0 Å². The summed E-state index contributed by atoms with van der Waals surface area (Å²) in [6.07, 6.45) is 1.66. The number of nitrogens with one attached hydrogen (secondary N) is 1. The summed E-state index contributed by atoms with van der Waals surface area (Å²) in [5.74, 6) is 0.318. The summed E-state index contributed by atoms with van der Waals surface area (Å²) in [4.78, 5) is 0. The molecular formula is C18H21NO2. The van der Waals surface area contributed by atoms with E-state index in [2.05, 4.69) is 5.32 Å². The number of rotatable bonds is 6. The Bertz CT molecular complexity index is 593. The molecule has 0 aliphatic heterocycles. The third kappa shape index (κ3) is 3.09. The topological polar surface area (TPSA) is 52.5 Å². The molecule has 3 nitrogen and oxygen atoms in total. The molecule has 1 aliphatic rings. The van der Waals surface area contributed by atoms with Crippen LogP contribution < -0.4 is 5.32 Å². The minimum Gasteiger partial charge on any atom is -0.508 e. The van der Waals surface area contributed by atoms with Crippen LogP contribution in [0.3, 0.4) is 0 Å². The number of phenolic OH excluding ortho intramolecular Hbond substituents is 1. The van der Waals surface area contributed by atoms with Crippen molar-refractivity contribution in [1.29, 1.82) is 0 Å². The maximum atomic E-state index is 10.6. The van der Waals surface area contributed by atoms with E-state index in [0.717, 1.165) is 30.5 Å². The Morgan fingerprint density at radius 2 is 1.67 bits per heavy atom. The van der Waals surface area contributed by atoms with E-state index >= 15 is 0 Å². The van der Waals surface area contributed by atoms with Gasteiger partial charge in [0, 0.05) is 24.1 Å². The van der Waals surface area contributed by atoms with Crippen LogP contribution in [0.4, 0.5) is 0 Å². The number of hydrogen-bond acceptors (Lipinski definition) is 3. The van der Waals surface area contributed by atoms with E-state index in [1.807, 2.05) is 48.5 Å². The van der Waals surface area contributed by atoms with Crippen molar-refractivity contribution in [1.82, 2.24) is 5.32 Å². The van der Waals surface area contributed by atoms with Crippen molar-refractivity contribution in [2.45, 2.75) is 25.5 Å². The highest BCUT2D eigenvalue weighted by atomic mass is 16.3. The molecule has 0 saturated heterocycles. The van der Waals surface area contributed by atoms with Crippen LogP contribution in [0.1, 0.15) is 30.1 Å². The van der Waals surface area contributed by atoms with Gasteiger partial charge in [-0.25, -0.2) is 0 Å². The van der Waals surface area contributed by atoms with E-state index in [4.69, 9.17) is 0 Å².